The van der Waals surface area contributed by atoms with Crippen LogP contribution >= 0.6 is 11.6 Å². The van der Waals surface area contributed by atoms with Gasteiger partial charge in [0.15, 0.2) is 0 Å². The molecule has 0 spiro atoms. The van der Waals surface area contributed by atoms with E-state index < -0.39 is 0 Å². The minimum atomic E-state index is 0.103. The summed E-state index contributed by atoms with van der Waals surface area (Å²) in [7, 11) is 0. The zero-order valence-corrected chi connectivity index (χ0v) is 7.70. The van der Waals surface area contributed by atoms with Crippen LogP contribution in [-0.4, -0.2) is 21.1 Å². The van der Waals surface area contributed by atoms with Gasteiger partial charge in [0, 0.05) is 12.6 Å². The third-order valence-electron chi connectivity index (χ3n) is 1.90. The zero-order valence-electron chi connectivity index (χ0n) is 6.94. The van der Waals surface area contributed by atoms with Crippen molar-refractivity contribution in [1.29, 1.82) is 0 Å². The molecule has 0 saturated carbocycles. The van der Waals surface area contributed by atoms with E-state index in [1.54, 1.807) is 12.4 Å². The summed E-state index contributed by atoms with van der Waals surface area (Å²) in [5.74, 6) is 0.833. The van der Waals surface area contributed by atoms with Crippen LogP contribution in [0, 0.1) is 0 Å². The molecule has 3 nitrogen and oxygen atoms in total. The van der Waals surface area contributed by atoms with E-state index in [0.29, 0.717) is 11.4 Å². The molecule has 2 rings (SSSR count). The molecule has 4 heteroatoms. The van der Waals surface area contributed by atoms with Crippen LogP contribution in [0.25, 0.3) is 5.52 Å². The predicted octanol–water partition coefficient (Wildman–Crippen LogP) is 1.52. The third kappa shape index (κ3) is 1.53. The molecule has 0 radical (unpaired) electrons. The molecule has 0 saturated heterocycles. The summed E-state index contributed by atoms with van der Waals surface area (Å²) < 4.78 is 1.89. The highest BCUT2D eigenvalue weighted by Crippen LogP contribution is 2.13. The quantitative estimate of drug-likeness (QED) is 0.791. The van der Waals surface area contributed by atoms with E-state index in [1.807, 2.05) is 16.5 Å². The summed E-state index contributed by atoms with van der Waals surface area (Å²) in [5.41, 5.74) is 0.993. The maximum atomic E-state index is 8.78. The fourth-order valence-corrected chi connectivity index (χ4v) is 1.46. The molecule has 0 aliphatic rings. The second-order valence-electron chi connectivity index (χ2n) is 2.79. The topological polar surface area (TPSA) is 37.5 Å². The number of aromatic nitrogens is 2. The predicted molar refractivity (Wildman–Crippen MR) is 51.0 cm³/mol. The highest BCUT2D eigenvalue weighted by molar-refractivity contribution is 6.30. The molecule has 0 aromatic carbocycles. The number of halogens is 1. The molecule has 0 aliphatic heterocycles. The smallest absolute Gasteiger partial charge is 0.115 e. The molecule has 0 aliphatic carbocycles. The van der Waals surface area contributed by atoms with Gasteiger partial charge in [-0.25, -0.2) is 4.98 Å². The molecule has 0 atom stereocenters. The number of hydrogen-bond donors (Lipinski definition) is 1. The Kier molecular flexibility index (Phi) is 2.20. The van der Waals surface area contributed by atoms with Crippen molar-refractivity contribution >= 4 is 17.1 Å². The minimum Gasteiger partial charge on any atom is -0.396 e. The Morgan fingerprint density at radius 2 is 2.31 bits per heavy atom. The van der Waals surface area contributed by atoms with Gasteiger partial charge in [0.05, 0.1) is 23.3 Å². The van der Waals surface area contributed by atoms with E-state index in [0.717, 1.165) is 11.3 Å². The molecule has 2 aromatic rings. The monoisotopic (exact) mass is 196 g/mol. The first-order valence-electron chi connectivity index (χ1n) is 4.03. The summed E-state index contributed by atoms with van der Waals surface area (Å²) in [6.07, 6.45) is 4.12. The summed E-state index contributed by atoms with van der Waals surface area (Å²) in [6.45, 7) is 0.103. The van der Waals surface area contributed by atoms with Crippen LogP contribution in [-0.2, 0) is 6.42 Å². The first-order valence-corrected chi connectivity index (χ1v) is 4.41. The van der Waals surface area contributed by atoms with Crippen LogP contribution in [0.4, 0.5) is 0 Å². The molecule has 0 bridgehead atoms. The van der Waals surface area contributed by atoms with Gasteiger partial charge in [-0.2, -0.15) is 0 Å². The van der Waals surface area contributed by atoms with Crippen molar-refractivity contribution in [1.82, 2.24) is 9.38 Å². The van der Waals surface area contributed by atoms with Gasteiger partial charge < -0.3 is 9.51 Å². The van der Waals surface area contributed by atoms with Crippen molar-refractivity contribution in [2.75, 3.05) is 6.61 Å². The van der Waals surface area contributed by atoms with Gasteiger partial charge in [0.1, 0.15) is 5.82 Å². The lowest BCUT2D eigenvalue weighted by Crippen LogP contribution is -1.97. The molecule has 0 fully saturated rings. The standard InChI is InChI=1S/C9H9ClN2O/c10-7-1-2-8-5-11-9(3-4-13)12(8)6-7/h1-2,5-6,13H,3-4H2. The van der Waals surface area contributed by atoms with Crippen molar-refractivity contribution in [3.05, 3.63) is 35.4 Å². The minimum absolute atomic E-state index is 0.103. The normalized spacial score (nSPS) is 10.9. The van der Waals surface area contributed by atoms with Crippen LogP contribution < -0.4 is 0 Å². The Balaban J connectivity index is 2.58. The first kappa shape index (κ1) is 8.53. The molecule has 13 heavy (non-hydrogen) atoms. The van der Waals surface area contributed by atoms with E-state index in [4.69, 9.17) is 16.7 Å². The molecule has 2 heterocycles. The van der Waals surface area contributed by atoms with Crippen LogP contribution in [0.1, 0.15) is 5.82 Å². The van der Waals surface area contributed by atoms with Crippen molar-refractivity contribution in [3.8, 4) is 0 Å². The largest absolute Gasteiger partial charge is 0.396 e. The third-order valence-corrected chi connectivity index (χ3v) is 2.13. The second-order valence-corrected chi connectivity index (χ2v) is 3.23. The summed E-state index contributed by atoms with van der Waals surface area (Å²) in [6, 6.07) is 3.72. The number of fused-ring (bicyclic) bond motifs is 1. The highest BCUT2D eigenvalue weighted by atomic mass is 35.5. The molecule has 0 amide bonds. The lowest BCUT2D eigenvalue weighted by Gasteiger charge is -1.98. The average molecular weight is 197 g/mol. The number of pyridine rings is 1. The number of rotatable bonds is 2. The van der Waals surface area contributed by atoms with Gasteiger partial charge in [0.2, 0.25) is 0 Å². The highest BCUT2D eigenvalue weighted by Gasteiger charge is 2.02. The number of nitrogens with zero attached hydrogens (tertiary/aromatic N) is 2. The Bertz CT molecular complexity index is 424. The van der Waals surface area contributed by atoms with E-state index in [-0.39, 0.29) is 6.61 Å². The van der Waals surface area contributed by atoms with Gasteiger partial charge in [0.25, 0.3) is 0 Å². The summed E-state index contributed by atoms with van der Waals surface area (Å²) >= 11 is 5.84. The molecule has 68 valence electrons. The fraction of sp³-hybridized carbons (Fsp3) is 0.222. The van der Waals surface area contributed by atoms with Crippen LogP contribution in [0.2, 0.25) is 5.02 Å². The van der Waals surface area contributed by atoms with E-state index in [9.17, 15) is 0 Å². The molecular formula is C9H9ClN2O. The number of hydrogen-bond acceptors (Lipinski definition) is 2. The number of aliphatic hydroxyl groups is 1. The Morgan fingerprint density at radius 1 is 1.46 bits per heavy atom. The van der Waals surface area contributed by atoms with Gasteiger partial charge in [-0.05, 0) is 12.1 Å². The SMILES string of the molecule is OCCc1ncc2ccc(Cl)cn12. The van der Waals surface area contributed by atoms with Gasteiger partial charge >= 0.3 is 0 Å². The number of imidazole rings is 1. The van der Waals surface area contributed by atoms with Gasteiger partial charge in [-0.15, -0.1) is 0 Å². The van der Waals surface area contributed by atoms with E-state index in [2.05, 4.69) is 4.98 Å². The molecule has 0 unspecified atom stereocenters. The van der Waals surface area contributed by atoms with Crippen molar-refractivity contribution in [3.63, 3.8) is 0 Å². The summed E-state index contributed by atoms with van der Waals surface area (Å²) in [4.78, 5) is 4.17. The number of aliphatic hydroxyl groups excluding tert-OH is 1. The summed E-state index contributed by atoms with van der Waals surface area (Å²) in [5, 5.41) is 9.45. The molecular weight excluding hydrogens is 188 g/mol. The Labute approximate surface area is 80.6 Å². The maximum absolute atomic E-state index is 8.78. The first-order chi connectivity index (χ1) is 6.31. The molecule has 2 aromatic heterocycles. The van der Waals surface area contributed by atoms with Gasteiger partial charge in [-0.1, -0.05) is 11.6 Å². The second kappa shape index (κ2) is 3.36. The molecule has 1 N–H and O–H groups in total. The lowest BCUT2D eigenvalue weighted by atomic mass is 10.4. The van der Waals surface area contributed by atoms with E-state index >= 15 is 0 Å². The Morgan fingerprint density at radius 3 is 3.08 bits per heavy atom. The van der Waals surface area contributed by atoms with Crippen molar-refractivity contribution in [2.24, 2.45) is 0 Å². The van der Waals surface area contributed by atoms with Crippen LogP contribution in [0.15, 0.2) is 24.5 Å². The van der Waals surface area contributed by atoms with Gasteiger partial charge in [-0.3, -0.25) is 0 Å². The van der Waals surface area contributed by atoms with Crippen molar-refractivity contribution in [2.45, 2.75) is 6.42 Å². The average Bonchev–Trinajstić information content (AvgIpc) is 2.49. The maximum Gasteiger partial charge on any atom is 0.115 e. The van der Waals surface area contributed by atoms with Crippen molar-refractivity contribution < 1.29 is 5.11 Å². The van der Waals surface area contributed by atoms with Crippen LogP contribution in [0.3, 0.4) is 0 Å². The van der Waals surface area contributed by atoms with Crippen LogP contribution in [0.5, 0.6) is 0 Å². The van der Waals surface area contributed by atoms with E-state index in [1.165, 1.54) is 0 Å². The zero-order chi connectivity index (χ0) is 9.26. The fourth-order valence-electron chi connectivity index (χ4n) is 1.30. The Hall–Kier alpha value is -1.06. The lowest BCUT2D eigenvalue weighted by molar-refractivity contribution is 0.296.